The largest absolute Gasteiger partial charge is 0.268 e. The van der Waals surface area contributed by atoms with Crippen LogP contribution in [0.5, 0.6) is 0 Å². The lowest BCUT2D eigenvalue weighted by Crippen LogP contribution is -2.45. The van der Waals surface area contributed by atoms with E-state index >= 15 is 0 Å². The Bertz CT molecular complexity index is 224. The molecule has 3 nitrogen and oxygen atoms in total. The minimum atomic E-state index is 0.0752. The van der Waals surface area contributed by atoms with E-state index in [9.17, 15) is 0 Å². The predicted molar refractivity (Wildman–Crippen MR) is 43.5 cm³/mol. The molecule has 0 aromatic heterocycles. The average Bonchev–Trinajstić information content (AvgIpc) is 2.01. The molecule has 60 valence electrons. The second-order valence-corrected chi connectivity index (χ2v) is 3.01. The van der Waals surface area contributed by atoms with E-state index in [2.05, 4.69) is 17.7 Å². The molecule has 1 aliphatic rings. The first-order valence-electron chi connectivity index (χ1n) is 3.84. The molecule has 1 atom stereocenters. The monoisotopic (exact) mass is 152 g/mol. The van der Waals surface area contributed by atoms with Gasteiger partial charge in [0, 0.05) is 13.3 Å². The van der Waals surface area contributed by atoms with Gasteiger partial charge < -0.3 is 0 Å². The molecule has 0 N–H and O–H groups in total. The van der Waals surface area contributed by atoms with Crippen LogP contribution in [0, 0.1) is 11.3 Å². The lowest BCUT2D eigenvalue weighted by molar-refractivity contribution is -0.510. The zero-order valence-corrected chi connectivity index (χ0v) is 7.33. The molecular weight excluding hydrogens is 138 g/mol. The van der Waals surface area contributed by atoms with Gasteiger partial charge in [-0.15, -0.1) is 0 Å². The lowest BCUT2D eigenvalue weighted by atomic mass is 10.1. The fraction of sp³-hybridized carbons (Fsp3) is 0.750. The van der Waals surface area contributed by atoms with Crippen molar-refractivity contribution in [3.63, 3.8) is 0 Å². The number of nitrogens with zero attached hydrogens (tertiary/aromatic N) is 3. The van der Waals surface area contributed by atoms with Crippen LogP contribution < -0.4 is 0 Å². The minimum absolute atomic E-state index is 0.0752. The maximum atomic E-state index is 8.74. The highest BCUT2D eigenvalue weighted by molar-refractivity contribution is 5.75. The Labute approximate surface area is 67.5 Å². The van der Waals surface area contributed by atoms with Crippen LogP contribution in [0.4, 0.5) is 0 Å². The van der Waals surface area contributed by atoms with Crippen LogP contribution >= 0.6 is 0 Å². The smallest absolute Gasteiger partial charge is 0.244 e. The highest BCUT2D eigenvalue weighted by Crippen LogP contribution is 2.07. The molecule has 0 spiro atoms. The van der Waals surface area contributed by atoms with E-state index in [4.69, 9.17) is 5.26 Å². The van der Waals surface area contributed by atoms with Crippen molar-refractivity contribution in [2.75, 3.05) is 20.6 Å². The Morgan fingerprint density at radius 1 is 1.73 bits per heavy atom. The zero-order chi connectivity index (χ0) is 8.43. The first kappa shape index (κ1) is 8.06. The number of hydrogen-bond acceptors (Lipinski definition) is 2. The summed E-state index contributed by atoms with van der Waals surface area (Å²) >= 11 is 0. The topological polar surface area (TPSA) is 30.0 Å². The van der Waals surface area contributed by atoms with Crippen LogP contribution in [-0.4, -0.2) is 42.0 Å². The molecule has 0 aliphatic carbocycles. The third-order valence-corrected chi connectivity index (χ3v) is 2.42. The number of rotatable bonds is 0. The van der Waals surface area contributed by atoms with E-state index in [1.165, 1.54) is 5.84 Å². The van der Waals surface area contributed by atoms with E-state index in [0.29, 0.717) is 0 Å². The molecule has 3 heteroatoms. The van der Waals surface area contributed by atoms with Crippen LogP contribution in [0.1, 0.15) is 13.3 Å². The van der Waals surface area contributed by atoms with Crippen molar-refractivity contribution >= 4 is 5.84 Å². The van der Waals surface area contributed by atoms with Gasteiger partial charge in [-0.1, -0.05) is 0 Å². The Morgan fingerprint density at radius 2 is 2.36 bits per heavy atom. The van der Waals surface area contributed by atoms with Gasteiger partial charge in [0.2, 0.25) is 5.84 Å². The van der Waals surface area contributed by atoms with Crippen molar-refractivity contribution < 1.29 is 4.58 Å². The van der Waals surface area contributed by atoms with Gasteiger partial charge in [0.05, 0.1) is 20.6 Å². The maximum absolute atomic E-state index is 8.74. The first-order chi connectivity index (χ1) is 5.16. The number of nitriles is 1. The van der Waals surface area contributed by atoms with Crippen molar-refractivity contribution in [3.8, 4) is 6.07 Å². The fourth-order valence-electron chi connectivity index (χ4n) is 1.32. The molecule has 1 rings (SSSR count). The van der Waals surface area contributed by atoms with Gasteiger partial charge in [0.25, 0.3) is 0 Å². The molecular formula is C8H14N3+. The van der Waals surface area contributed by atoms with Crippen LogP contribution in [0.3, 0.4) is 0 Å². The summed E-state index contributed by atoms with van der Waals surface area (Å²) in [6.45, 7) is 3.04. The normalized spacial score (nSPS) is 25.3. The lowest BCUT2D eigenvalue weighted by Gasteiger charge is -2.24. The van der Waals surface area contributed by atoms with Gasteiger partial charge in [0.1, 0.15) is 6.07 Å². The van der Waals surface area contributed by atoms with E-state index in [0.717, 1.165) is 13.0 Å². The van der Waals surface area contributed by atoms with Gasteiger partial charge in [-0.05, 0) is 0 Å². The van der Waals surface area contributed by atoms with Gasteiger partial charge in [-0.2, -0.15) is 5.26 Å². The first-order valence-corrected chi connectivity index (χ1v) is 3.84. The molecule has 1 unspecified atom stereocenters. The van der Waals surface area contributed by atoms with Crippen LogP contribution in [0.25, 0.3) is 0 Å². The standard InChI is InChI=1S/C8H14N3/c1-7-10(2)5-4-8(6-9)11(7)3/h8H,4-5H2,1-3H3/q+1. The Hall–Kier alpha value is -1.04. The molecule has 0 saturated heterocycles. The SMILES string of the molecule is CC1=[N+](C)CCC(C#N)N1C. The third-order valence-electron chi connectivity index (χ3n) is 2.42. The summed E-state index contributed by atoms with van der Waals surface area (Å²) in [4.78, 5) is 2.03. The molecule has 0 aromatic rings. The van der Waals surface area contributed by atoms with Gasteiger partial charge in [-0.25, -0.2) is 0 Å². The van der Waals surface area contributed by atoms with Gasteiger partial charge >= 0.3 is 0 Å². The van der Waals surface area contributed by atoms with Crippen LogP contribution in [0.15, 0.2) is 0 Å². The highest BCUT2D eigenvalue weighted by Gasteiger charge is 2.27. The summed E-state index contributed by atoms with van der Waals surface area (Å²) in [7, 11) is 4.03. The third kappa shape index (κ3) is 1.35. The number of amidine groups is 1. The molecule has 1 aliphatic heterocycles. The van der Waals surface area contributed by atoms with Gasteiger partial charge in [-0.3, -0.25) is 9.48 Å². The summed E-state index contributed by atoms with van der Waals surface area (Å²) < 4.78 is 2.17. The average molecular weight is 152 g/mol. The molecule has 0 radical (unpaired) electrons. The minimum Gasteiger partial charge on any atom is -0.268 e. The van der Waals surface area contributed by atoms with Crippen molar-refractivity contribution in [1.82, 2.24) is 4.90 Å². The Balaban J connectivity index is 2.83. The maximum Gasteiger partial charge on any atom is 0.244 e. The van der Waals surface area contributed by atoms with E-state index in [1.807, 2.05) is 18.9 Å². The van der Waals surface area contributed by atoms with Crippen LogP contribution in [-0.2, 0) is 0 Å². The summed E-state index contributed by atoms with van der Waals surface area (Å²) in [6.07, 6.45) is 0.945. The molecule has 0 aromatic carbocycles. The second-order valence-electron chi connectivity index (χ2n) is 3.01. The quantitative estimate of drug-likeness (QED) is 0.466. The zero-order valence-electron chi connectivity index (χ0n) is 7.33. The molecule has 0 fully saturated rings. The van der Waals surface area contributed by atoms with E-state index in [1.54, 1.807) is 0 Å². The second kappa shape index (κ2) is 2.91. The van der Waals surface area contributed by atoms with Crippen molar-refractivity contribution in [2.24, 2.45) is 0 Å². The summed E-state index contributed by atoms with van der Waals surface area (Å²) in [6, 6.07) is 2.36. The van der Waals surface area contributed by atoms with Crippen molar-refractivity contribution in [3.05, 3.63) is 0 Å². The van der Waals surface area contributed by atoms with E-state index in [-0.39, 0.29) is 6.04 Å². The van der Waals surface area contributed by atoms with E-state index < -0.39 is 0 Å². The van der Waals surface area contributed by atoms with Crippen molar-refractivity contribution in [1.29, 1.82) is 5.26 Å². The predicted octanol–water partition coefficient (Wildman–Crippen LogP) is 0.275. The molecule has 0 bridgehead atoms. The molecule has 1 heterocycles. The van der Waals surface area contributed by atoms with Crippen molar-refractivity contribution in [2.45, 2.75) is 19.4 Å². The van der Waals surface area contributed by atoms with Crippen LogP contribution in [0.2, 0.25) is 0 Å². The molecule has 11 heavy (non-hydrogen) atoms. The summed E-state index contributed by atoms with van der Waals surface area (Å²) in [5, 5.41) is 8.74. The van der Waals surface area contributed by atoms with Gasteiger partial charge in [0.15, 0.2) is 6.04 Å². The molecule has 0 saturated carbocycles. The Kier molecular flexibility index (Phi) is 2.13. The highest BCUT2D eigenvalue weighted by atomic mass is 15.2. The summed E-state index contributed by atoms with van der Waals surface area (Å²) in [5.74, 6) is 1.18. The molecule has 0 amide bonds. The Morgan fingerprint density at radius 3 is 2.91 bits per heavy atom. The fourth-order valence-corrected chi connectivity index (χ4v) is 1.32. The number of hydrogen-bond donors (Lipinski definition) is 0. The summed E-state index contributed by atoms with van der Waals surface area (Å²) in [5.41, 5.74) is 0.